The van der Waals surface area contributed by atoms with Crippen molar-refractivity contribution in [2.75, 3.05) is 0 Å². The number of aryl methyl sites for hydroxylation is 1. The van der Waals surface area contributed by atoms with Crippen molar-refractivity contribution in [1.82, 2.24) is 0 Å². The highest BCUT2D eigenvalue weighted by atomic mass is 35.5. The lowest BCUT2D eigenvalue weighted by Gasteiger charge is -2.15. The van der Waals surface area contributed by atoms with Gasteiger partial charge in [0.15, 0.2) is 0 Å². The van der Waals surface area contributed by atoms with Crippen LogP contribution in [0.15, 0.2) is 36.4 Å². The van der Waals surface area contributed by atoms with Crippen molar-refractivity contribution in [2.45, 2.75) is 19.4 Å². The molecule has 0 bridgehead atoms. The second-order valence-corrected chi connectivity index (χ2v) is 4.94. The predicted octanol–water partition coefficient (Wildman–Crippen LogP) is 4.17. The standard InChI is InChI=1S/C15H14ClF2N/c1-9-3-2-4-13(15(9)16)14(19)7-10-5-11(17)8-12(18)6-10/h2-6,8,14H,7,19H2,1H3. The molecule has 1 unspecified atom stereocenters. The average Bonchev–Trinajstić information content (AvgIpc) is 2.31. The summed E-state index contributed by atoms with van der Waals surface area (Å²) in [6.45, 7) is 1.89. The third kappa shape index (κ3) is 3.31. The van der Waals surface area contributed by atoms with E-state index in [1.807, 2.05) is 25.1 Å². The molecule has 2 aromatic carbocycles. The molecule has 100 valence electrons. The van der Waals surface area contributed by atoms with E-state index in [1.165, 1.54) is 12.1 Å². The van der Waals surface area contributed by atoms with Crippen LogP contribution in [0.2, 0.25) is 5.02 Å². The van der Waals surface area contributed by atoms with E-state index in [9.17, 15) is 8.78 Å². The molecule has 19 heavy (non-hydrogen) atoms. The second kappa shape index (κ2) is 5.68. The van der Waals surface area contributed by atoms with E-state index in [2.05, 4.69) is 0 Å². The summed E-state index contributed by atoms with van der Waals surface area (Å²) >= 11 is 6.19. The van der Waals surface area contributed by atoms with Crippen LogP contribution >= 0.6 is 11.6 Å². The Morgan fingerprint density at radius 3 is 2.42 bits per heavy atom. The molecule has 4 heteroatoms. The molecule has 0 spiro atoms. The van der Waals surface area contributed by atoms with Crippen molar-refractivity contribution in [1.29, 1.82) is 0 Å². The SMILES string of the molecule is Cc1cccc(C(N)Cc2cc(F)cc(F)c2)c1Cl. The molecule has 0 saturated heterocycles. The first-order valence-electron chi connectivity index (χ1n) is 5.93. The lowest BCUT2D eigenvalue weighted by molar-refractivity contribution is 0.576. The summed E-state index contributed by atoms with van der Waals surface area (Å²) in [7, 11) is 0. The molecule has 1 nitrogen and oxygen atoms in total. The minimum absolute atomic E-state index is 0.331. The highest BCUT2D eigenvalue weighted by molar-refractivity contribution is 6.32. The molecule has 0 aromatic heterocycles. The summed E-state index contributed by atoms with van der Waals surface area (Å²) in [6, 6.07) is 8.60. The van der Waals surface area contributed by atoms with Gasteiger partial charge in [-0.15, -0.1) is 0 Å². The van der Waals surface area contributed by atoms with Gasteiger partial charge >= 0.3 is 0 Å². The van der Waals surface area contributed by atoms with Crippen LogP contribution in [0.4, 0.5) is 8.78 Å². The summed E-state index contributed by atoms with van der Waals surface area (Å²) < 4.78 is 26.2. The monoisotopic (exact) mass is 281 g/mol. The van der Waals surface area contributed by atoms with Crippen molar-refractivity contribution >= 4 is 11.6 Å². The Bertz CT molecular complexity index is 578. The number of nitrogens with two attached hydrogens (primary N) is 1. The zero-order chi connectivity index (χ0) is 14.0. The van der Waals surface area contributed by atoms with Gasteiger partial charge in [0.05, 0.1) is 0 Å². The van der Waals surface area contributed by atoms with E-state index in [0.29, 0.717) is 17.0 Å². The summed E-state index contributed by atoms with van der Waals surface area (Å²) in [4.78, 5) is 0. The number of halogens is 3. The molecule has 2 rings (SSSR count). The molecule has 0 aliphatic heterocycles. The van der Waals surface area contributed by atoms with Gasteiger partial charge in [-0.25, -0.2) is 8.78 Å². The van der Waals surface area contributed by atoms with Crippen molar-refractivity contribution in [3.8, 4) is 0 Å². The van der Waals surface area contributed by atoms with Gasteiger partial charge in [-0.1, -0.05) is 29.8 Å². The van der Waals surface area contributed by atoms with Crippen LogP contribution in [0.25, 0.3) is 0 Å². The Labute approximate surface area is 116 Å². The second-order valence-electron chi connectivity index (χ2n) is 4.57. The van der Waals surface area contributed by atoms with Crippen molar-refractivity contribution in [2.24, 2.45) is 5.73 Å². The third-order valence-corrected chi connectivity index (χ3v) is 3.52. The molecule has 0 heterocycles. The Morgan fingerprint density at radius 2 is 1.79 bits per heavy atom. The first kappa shape index (κ1) is 14.0. The van der Waals surface area contributed by atoms with E-state index in [0.717, 1.165) is 17.2 Å². The molecule has 0 amide bonds. The van der Waals surface area contributed by atoms with Crippen molar-refractivity contribution < 1.29 is 8.78 Å². The minimum Gasteiger partial charge on any atom is -0.324 e. The van der Waals surface area contributed by atoms with Gasteiger partial charge in [-0.3, -0.25) is 0 Å². The van der Waals surface area contributed by atoms with Gasteiger partial charge in [0.2, 0.25) is 0 Å². The van der Waals surface area contributed by atoms with Crippen LogP contribution in [0.3, 0.4) is 0 Å². The van der Waals surface area contributed by atoms with Gasteiger partial charge in [0, 0.05) is 17.1 Å². The average molecular weight is 282 g/mol. The molecule has 2 N–H and O–H groups in total. The van der Waals surface area contributed by atoms with Crippen LogP contribution in [0.5, 0.6) is 0 Å². The Balaban J connectivity index is 2.25. The maximum absolute atomic E-state index is 13.1. The van der Waals surface area contributed by atoms with Crippen LogP contribution < -0.4 is 5.73 Å². The van der Waals surface area contributed by atoms with Crippen molar-refractivity contribution in [3.05, 3.63) is 69.7 Å². The number of hydrogen-bond donors (Lipinski definition) is 1. The normalized spacial score (nSPS) is 12.5. The molecule has 0 saturated carbocycles. The Hall–Kier alpha value is -1.45. The van der Waals surface area contributed by atoms with Gasteiger partial charge in [0.25, 0.3) is 0 Å². The molecule has 0 radical (unpaired) electrons. The quantitative estimate of drug-likeness (QED) is 0.898. The Morgan fingerprint density at radius 1 is 1.16 bits per heavy atom. The van der Waals surface area contributed by atoms with Crippen LogP contribution in [-0.2, 0) is 6.42 Å². The largest absolute Gasteiger partial charge is 0.324 e. The maximum Gasteiger partial charge on any atom is 0.126 e. The Kier molecular flexibility index (Phi) is 4.17. The van der Waals surface area contributed by atoms with Gasteiger partial charge in [-0.05, 0) is 42.2 Å². The van der Waals surface area contributed by atoms with Crippen LogP contribution in [-0.4, -0.2) is 0 Å². The van der Waals surface area contributed by atoms with Gasteiger partial charge in [-0.2, -0.15) is 0 Å². The summed E-state index contributed by atoms with van der Waals surface area (Å²) in [5.74, 6) is -1.20. The molecular weight excluding hydrogens is 268 g/mol. The highest BCUT2D eigenvalue weighted by Crippen LogP contribution is 2.27. The van der Waals surface area contributed by atoms with Crippen LogP contribution in [0, 0.1) is 18.6 Å². The summed E-state index contributed by atoms with van der Waals surface area (Å²) in [5, 5.41) is 0.604. The van der Waals surface area contributed by atoms with E-state index >= 15 is 0 Å². The zero-order valence-electron chi connectivity index (χ0n) is 10.5. The lowest BCUT2D eigenvalue weighted by Crippen LogP contribution is -2.14. The van der Waals surface area contributed by atoms with Gasteiger partial charge < -0.3 is 5.73 Å². The first-order valence-corrected chi connectivity index (χ1v) is 6.30. The fourth-order valence-electron chi connectivity index (χ4n) is 2.05. The smallest absolute Gasteiger partial charge is 0.126 e. The highest BCUT2D eigenvalue weighted by Gasteiger charge is 2.13. The lowest BCUT2D eigenvalue weighted by atomic mass is 9.98. The molecule has 1 atom stereocenters. The molecule has 0 fully saturated rings. The minimum atomic E-state index is -0.600. The van der Waals surface area contributed by atoms with Crippen molar-refractivity contribution in [3.63, 3.8) is 0 Å². The number of rotatable bonds is 3. The third-order valence-electron chi connectivity index (χ3n) is 3.00. The molecule has 0 aliphatic carbocycles. The fourth-order valence-corrected chi connectivity index (χ4v) is 2.32. The summed E-state index contributed by atoms with van der Waals surface area (Å²) in [5.41, 5.74) is 8.30. The van der Waals surface area contributed by atoms with Gasteiger partial charge in [0.1, 0.15) is 11.6 Å². The molecular formula is C15H14ClF2N. The first-order chi connectivity index (χ1) is 8.97. The fraction of sp³-hybridized carbons (Fsp3) is 0.200. The molecule has 2 aromatic rings. The summed E-state index contributed by atoms with van der Waals surface area (Å²) in [6.07, 6.45) is 0.331. The van der Waals surface area contributed by atoms with E-state index in [1.54, 1.807) is 0 Å². The van der Waals surface area contributed by atoms with E-state index < -0.39 is 17.7 Å². The maximum atomic E-state index is 13.1. The van der Waals surface area contributed by atoms with Crippen LogP contribution in [0.1, 0.15) is 22.7 Å². The zero-order valence-corrected chi connectivity index (χ0v) is 11.2. The van der Waals surface area contributed by atoms with E-state index in [-0.39, 0.29) is 0 Å². The molecule has 0 aliphatic rings. The van der Waals surface area contributed by atoms with E-state index in [4.69, 9.17) is 17.3 Å². The predicted molar refractivity (Wildman–Crippen MR) is 73.2 cm³/mol. The number of benzene rings is 2. The topological polar surface area (TPSA) is 26.0 Å². The number of hydrogen-bond acceptors (Lipinski definition) is 1.